The van der Waals surface area contributed by atoms with Crippen LogP contribution in [0, 0.1) is 23.0 Å². The molecule has 0 saturated carbocycles. The van der Waals surface area contributed by atoms with Crippen LogP contribution in [0.2, 0.25) is 0 Å². The SMILES string of the molecule is CCOC(=O)c1ccc(CN2CC3(CCN(Cc4c(F)cc(C#N)cc4F)CC3)OC2=O)nc1. The first-order valence-corrected chi connectivity index (χ1v) is 11.0. The van der Waals surface area contributed by atoms with Crippen molar-refractivity contribution in [2.75, 3.05) is 26.2 Å². The number of nitriles is 1. The molecular weight excluding hydrogens is 446 g/mol. The monoisotopic (exact) mass is 470 g/mol. The number of hydrogen-bond acceptors (Lipinski definition) is 7. The summed E-state index contributed by atoms with van der Waals surface area (Å²) >= 11 is 0. The van der Waals surface area contributed by atoms with Crippen LogP contribution >= 0.6 is 0 Å². The summed E-state index contributed by atoms with van der Waals surface area (Å²) in [6.45, 7) is 3.72. The average Bonchev–Trinajstić information content (AvgIpc) is 3.12. The molecule has 0 N–H and O–H groups in total. The van der Waals surface area contributed by atoms with Gasteiger partial charge in [0.25, 0.3) is 0 Å². The molecule has 3 heterocycles. The summed E-state index contributed by atoms with van der Waals surface area (Å²) in [6, 6.07) is 7.09. The molecule has 0 bridgehead atoms. The Morgan fingerprint density at radius 3 is 2.53 bits per heavy atom. The van der Waals surface area contributed by atoms with Crippen molar-refractivity contribution >= 4 is 12.1 Å². The maximum absolute atomic E-state index is 14.2. The van der Waals surface area contributed by atoms with Crippen LogP contribution < -0.4 is 0 Å². The smallest absolute Gasteiger partial charge is 0.410 e. The third kappa shape index (κ3) is 4.99. The predicted molar refractivity (Wildman–Crippen MR) is 115 cm³/mol. The second-order valence-electron chi connectivity index (χ2n) is 8.47. The quantitative estimate of drug-likeness (QED) is 0.597. The lowest BCUT2D eigenvalue weighted by Crippen LogP contribution is -2.46. The molecule has 1 aromatic heterocycles. The van der Waals surface area contributed by atoms with Gasteiger partial charge < -0.3 is 9.47 Å². The lowest BCUT2D eigenvalue weighted by atomic mass is 9.91. The molecule has 0 radical (unpaired) electrons. The van der Waals surface area contributed by atoms with Crippen molar-refractivity contribution in [1.82, 2.24) is 14.8 Å². The molecule has 2 aromatic rings. The number of rotatable bonds is 6. The average molecular weight is 470 g/mol. The normalized spacial score (nSPS) is 17.5. The van der Waals surface area contributed by atoms with Crippen molar-refractivity contribution in [2.45, 2.75) is 38.5 Å². The van der Waals surface area contributed by atoms with Crippen molar-refractivity contribution in [3.05, 3.63) is 64.5 Å². The van der Waals surface area contributed by atoms with E-state index in [1.54, 1.807) is 30.0 Å². The molecule has 2 fully saturated rings. The molecular formula is C24H24F2N4O4. The largest absolute Gasteiger partial charge is 0.462 e. The van der Waals surface area contributed by atoms with Crippen LogP contribution in [0.15, 0.2) is 30.5 Å². The lowest BCUT2D eigenvalue weighted by Gasteiger charge is -2.37. The summed E-state index contributed by atoms with van der Waals surface area (Å²) in [5, 5.41) is 8.84. The molecule has 1 aromatic carbocycles. The first-order chi connectivity index (χ1) is 16.3. The van der Waals surface area contributed by atoms with Gasteiger partial charge in [-0.2, -0.15) is 5.26 Å². The number of piperidine rings is 1. The second-order valence-corrected chi connectivity index (χ2v) is 8.47. The van der Waals surface area contributed by atoms with Gasteiger partial charge >= 0.3 is 12.1 Å². The summed E-state index contributed by atoms with van der Waals surface area (Å²) in [6.07, 6.45) is 2.05. The van der Waals surface area contributed by atoms with Crippen LogP contribution in [-0.2, 0) is 22.6 Å². The Morgan fingerprint density at radius 1 is 1.24 bits per heavy atom. The number of likely N-dealkylation sites (tertiary alicyclic amines) is 1. The summed E-state index contributed by atoms with van der Waals surface area (Å²) in [7, 11) is 0. The Kier molecular flexibility index (Phi) is 6.75. The Hall–Kier alpha value is -3.58. The zero-order chi connectivity index (χ0) is 24.3. The molecule has 10 heteroatoms. The molecule has 8 nitrogen and oxygen atoms in total. The fraction of sp³-hybridized carbons (Fsp3) is 0.417. The van der Waals surface area contributed by atoms with Crippen molar-refractivity contribution < 1.29 is 27.8 Å². The van der Waals surface area contributed by atoms with Crippen LogP contribution in [0.1, 0.15) is 46.9 Å². The van der Waals surface area contributed by atoms with Gasteiger partial charge in [0.15, 0.2) is 0 Å². The molecule has 2 saturated heterocycles. The van der Waals surface area contributed by atoms with Gasteiger partial charge in [-0.3, -0.25) is 14.8 Å². The first kappa shape index (κ1) is 23.6. The Morgan fingerprint density at radius 2 is 1.94 bits per heavy atom. The Balaban J connectivity index is 1.34. The fourth-order valence-corrected chi connectivity index (χ4v) is 4.28. The molecule has 4 rings (SSSR count). The molecule has 0 aliphatic carbocycles. The van der Waals surface area contributed by atoms with E-state index in [4.69, 9.17) is 14.7 Å². The van der Waals surface area contributed by atoms with Crippen LogP contribution in [0.25, 0.3) is 0 Å². The zero-order valence-corrected chi connectivity index (χ0v) is 18.7. The van der Waals surface area contributed by atoms with Crippen LogP contribution in [0.3, 0.4) is 0 Å². The molecule has 2 aliphatic heterocycles. The number of amides is 1. The van der Waals surface area contributed by atoms with Crippen molar-refractivity contribution in [3.8, 4) is 6.07 Å². The van der Waals surface area contributed by atoms with Gasteiger partial charge in [-0.15, -0.1) is 0 Å². The number of halogens is 2. The van der Waals surface area contributed by atoms with E-state index in [2.05, 4.69) is 4.98 Å². The number of aromatic nitrogens is 1. The van der Waals surface area contributed by atoms with Gasteiger partial charge in [-0.1, -0.05) is 0 Å². The number of pyridine rings is 1. The van der Waals surface area contributed by atoms with Crippen LogP contribution in [0.4, 0.5) is 13.6 Å². The first-order valence-electron chi connectivity index (χ1n) is 11.0. The minimum Gasteiger partial charge on any atom is -0.462 e. The van der Waals surface area contributed by atoms with E-state index in [-0.39, 0.29) is 30.8 Å². The van der Waals surface area contributed by atoms with Gasteiger partial charge in [0.2, 0.25) is 0 Å². The topological polar surface area (TPSA) is 95.8 Å². The van der Waals surface area contributed by atoms with Crippen molar-refractivity contribution in [2.24, 2.45) is 0 Å². The summed E-state index contributed by atoms with van der Waals surface area (Å²) < 4.78 is 39.1. The Bertz CT molecular complexity index is 1100. The van der Waals surface area contributed by atoms with E-state index in [9.17, 15) is 18.4 Å². The van der Waals surface area contributed by atoms with Gasteiger partial charge in [0.1, 0.15) is 17.2 Å². The van der Waals surface area contributed by atoms with E-state index < -0.39 is 29.3 Å². The third-order valence-corrected chi connectivity index (χ3v) is 6.15. The van der Waals surface area contributed by atoms with Gasteiger partial charge in [0, 0.05) is 44.2 Å². The molecule has 178 valence electrons. The van der Waals surface area contributed by atoms with E-state index in [1.165, 1.54) is 6.20 Å². The summed E-state index contributed by atoms with van der Waals surface area (Å²) in [4.78, 5) is 32.0. The van der Waals surface area contributed by atoms with Gasteiger partial charge in [0.05, 0.1) is 42.6 Å². The standard InChI is InChI=1S/C24H24F2N4O4/c1-2-33-22(31)17-3-4-18(28-12-17)13-30-15-24(34-23(30)32)5-7-29(8-6-24)14-19-20(25)9-16(11-27)10-21(19)26/h3-4,9-10,12H,2,5-8,13-15H2,1H3. The second kappa shape index (κ2) is 9.73. The fourth-order valence-electron chi connectivity index (χ4n) is 4.28. The minimum atomic E-state index is -0.739. The van der Waals surface area contributed by atoms with E-state index >= 15 is 0 Å². The third-order valence-electron chi connectivity index (χ3n) is 6.15. The number of nitrogens with zero attached hydrogens (tertiary/aromatic N) is 4. The minimum absolute atomic E-state index is 0.0562. The molecule has 34 heavy (non-hydrogen) atoms. The van der Waals surface area contributed by atoms with Crippen molar-refractivity contribution in [1.29, 1.82) is 5.26 Å². The molecule has 0 atom stereocenters. The molecule has 1 spiro atoms. The zero-order valence-electron chi connectivity index (χ0n) is 18.7. The van der Waals surface area contributed by atoms with E-state index in [1.807, 2.05) is 4.90 Å². The summed E-state index contributed by atoms with van der Waals surface area (Å²) in [5.74, 6) is -1.93. The van der Waals surface area contributed by atoms with Crippen LogP contribution in [-0.4, -0.2) is 58.7 Å². The number of ether oxygens (including phenoxy) is 2. The number of carbonyl (C=O) groups is 2. The number of benzene rings is 1. The Labute approximate surface area is 195 Å². The highest BCUT2D eigenvalue weighted by molar-refractivity contribution is 5.88. The van der Waals surface area contributed by atoms with Crippen LogP contribution in [0.5, 0.6) is 0 Å². The highest BCUT2D eigenvalue weighted by Gasteiger charge is 2.47. The summed E-state index contributed by atoms with van der Waals surface area (Å²) in [5.41, 5.74) is 0.178. The highest BCUT2D eigenvalue weighted by atomic mass is 19.1. The maximum atomic E-state index is 14.2. The van der Waals surface area contributed by atoms with E-state index in [0.717, 1.165) is 12.1 Å². The maximum Gasteiger partial charge on any atom is 0.410 e. The van der Waals surface area contributed by atoms with Gasteiger partial charge in [-0.05, 0) is 31.2 Å². The molecule has 2 aliphatic rings. The van der Waals surface area contributed by atoms with E-state index in [0.29, 0.717) is 43.7 Å². The number of hydrogen-bond donors (Lipinski definition) is 0. The molecule has 0 unspecified atom stereocenters. The lowest BCUT2D eigenvalue weighted by molar-refractivity contribution is -0.00165. The highest BCUT2D eigenvalue weighted by Crippen LogP contribution is 2.34. The number of carbonyl (C=O) groups excluding carboxylic acids is 2. The number of esters is 1. The molecule has 1 amide bonds. The predicted octanol–water partition coefficient (Wildman–Crippen LogP) is 3.40. The van der Waals surface area contributed by atoms with Gasteiger partial charge in [-0.25, -0.2) is 18.4 Å². The van der Waals surface area contributed by atoms with Crippen molar-refractivity contribution in [3.63, 3.8) is 0 Å².